The van der Waals surface area contributed by atoms with Gasteiger partial charge in [0.1, 0.15) is 6.04 Å². The molecule has 1 aromatic rings. The smallest absolute Gasteiger partial charge is 0.264 e. The quantitative estimate of drug-likeness (QED) is 0.634. The van der Waals surface area contributed by atoms with Crippen LogP contribution in [0, 0.1) is 5.92 Å². The second kappa shape index (κ2) is 6.20. The largest absolute Gasteiger partial charge is 0.398 e. The number of carbonyl (C=O) groups excluding carboxylic acids is 4. The molecule has 23 heavy (non-hydrogen) atoms. The average Bonchev–Trinajstić information content (AvgIpc) is 2.74. The summed E-state index contributed by atoms with van der Waals surface area (Å²) in [4.78, 5) is 49.8. The van der Waals surface area contributed by atoms with Gasteiger partial charge < -0.3 is 5.73 Å². The van der Waals surface area contributed by atoms with E-state index in [-0.39, 0.29) is 29.2 Å². The minimum Gasteiger partial charge on any atom is -0.398 e. The van der Waals surface area contributed by atoms with Gasteiger partial charge in [-0.2, -0.15) is 0 Å². The van der Waals surface area contributed by atoms with Crippen LogP contribution in [0.3, 0.4) is 0 Å². The third-order valence-electron chi connectivity index (χ3n) is 3.75. The number of fused-ring (bicyclic) bond motifs is 1. The minimum absolute atomic E-state index is 0.110. The maximum Gasteiger partial charge on any atom is 0.264 e. The summed E-state index contributed by atoms with van der Waals surface area (Å²) in [6.45, 7) is 4.95. The van der Waals surface area contributed by atoms with Crippen molar-refractivity contribution in [2.45, 2.75) is 33.2 Å². The molecule has 1 heterocycles. The number of hydrogen-bond acceptors (Lipinski definition) is 5. The van der Waals surface area contributed by atoms with Crippen LogP contribution in [0.15, 0.2) is 18.2 Å². The standard InChI is InChI=1S/C16H19N3O4/c1-4-11(14(21)18-13(20)8(2)3)19-15(22)9-6-5-7-10(17)12(9)16(19)23/h5-8,11H,4,17H2,1-3H3,(H,18,20,21). The first-order valence-corrected chi connectivity index (χ1v) is 7.40. The van der Waals surface area contributed by atoms with Crippen LogP contribution in [-0.2, 0) is 9.59 Å². The Hall–Kier alpha value is -2.70. The number of nitrogens with one attached hydrogen (secondary N) is 1. The van der Waals surface area contributed by atoms with Crippen molar-refractivity contribution in [1.29, 1.82) is 0 Å². The fourth-order valence-electron chi connectivity index (χ4n) is 2.45. The molecular weight excluding hydrogens is 298 g/mol. The molecule has 2 rings (SSSR count). The monoisotopic (exact) mass is 317 g/mol. The van der Waals surface area contributed by atoms with Crippen molar-refractivity contribution in [3.8, 4) is 0 Å². The van der Waals surface area contributed by atoms with E-state index in [4.69, 9.17) is 5.73 Å². The van der Waals surface area contributed by atoms with Crippen molar-refractivity contribution in [3.05, 3.63) is 29.3 Å². The number of nitrogens with two attached hydrogens (primary N) is 1. The molecular formula is C16H19N3O4. The summed E-state index contributed by atoms with van der Waals surface area (Å²) in [7, 11) is 0. The predicted octanol–water partition coefficient (Wildman–Crippen LogP) is 0.942. The van der Waals surface area contributed by atoms with Crippen molar-refractivity contribution >= 4 is 29.3 Å². The zero-order chi connectivity index (χ0) is 17.3. The number of nitrogen functional groups attached to an aromatic ring is 1. The summed E-state index contributed by atoms with van der Waals surface area (Å²) in [5, 5.41) is 2.23. The van der Waals surface area contributed by atoms with Gasteiger partial charge in [0.15, 0.2) is 0 Å². The Morgan fingerprint density at radius 3 is 2.35 bits per heavy atom. The van der Waals surface area contributed by atoms with Crippen LogP contribution in [0.5, 0.6) is 0 Å². The van der Waals surface area contributed by atoms with Gasteiger partial charge >= 0.3 is 0 Å². The third-order valence-corrected chi connectivity index (χ3v) is 3.75. The normalized spacial score (nSPS) is 14.9. The molecule has 0 fully saturated rings. The van der Waals surface area contributed by atoms with Crippen molar-refractivity contribution in [2.75, 3.05) is 5.73 Å². The topological polar surface area (TPSA) is 110 Å². The molecule has 0 saturated heterocycles. The highest BCUT2D eigenvalue weighted by molar-refractivity contribution is 6.25. The zero-order valence-corrected chi connectivity index (χ0v) is 13.3. The molecule has 0 bridgehead atoms. The fourth-order valence-corrected chi connectivity index (χ4v) is 2.45. The van der Waals surface area contributed by atoms with Gasteiger partial charge in [-0.25, -0.2) is 0 Å². The molecule has 7 nitrogen and oxygen atoms in total. The second-order valence-electron chi connectivity index (χ2n) is 5.68. The SMILES string of the molecule is CCC(C(=O)NC(=O)C(C)C)N1C(=O)c2cccc(N)c2C1=O. The van der Waals surface area contributed by atoms with Gasteiger partial charge in [-0.05, 0) is 18.6 Å². The van der Waals surface area contributed by atoms with Crippen molar-refractivity contribution in [2.24, 2.45) is 5.92 Å². The molecule has 4 amide bonds. The first kappa shape index (κ1) is 16.7. The highest BCUT2D eigenvalue weighted by atomic mass is 16.2. The third kappa shape index (κ3) is 2.81. The molecule has 7 heteroatoms. The van der Waals surface area contributed by atoms with Crippen LogP contribution in [0.25, 0.3) is 0 Å². The van der Waals surface area contributed by atoms with E-state index in [9.17, 15) is 19.2 Å². The van der Waals surface area contributed by atoms with Gasteiger partial charge in [0.2, 0.25) is 11.8 Å². The number of hydrogen-bond donors (Lipinski definition) is 2. The van der Waals surface area contributed by atoms with E-state index in [0.717, 1.165) is 4.90 Å². The van der Waals surface area contributed by atoms with Crippen LogP contribution in [0.1, 0.15) is 47.9 Å². The Morgan fingerprint density at radius 1 is 1.17 bits per heavy atom. The number of carbonyl (C=O) groups is 4. The molecule has 0 aliphatic carbocycles. The van der Waals surface area contributed by atoms with E-state index in [1.165, 1.54) is 12.1 Å². The lowest BCUT2D eigenvalue weighted by molar-refractivity contribution is -0.134. The zero-order valence-electron chi connectivity index (χ0n) is 13.3. The molecule has 1 aromatic carbocycles. The van der Waals surface area contributed by atoms with E-state index < -0.39 is 29.7 Å². The van der Waals surface area contributed by atoms with E-state index in [1.807, 2.05) is 0 Å². The lowest BCUT2D eigenvalue weighted by atomic mass is 10.1. The van der Waals surface area contributed by atoms with Crippen LogP contribution in [-0.4, -0.2) is 34.6 Å². The summed E-state index contributed by atoms with van der Waals surface area (Å²) in [6, 6.07) is 3.54. The summed E-state index contributed by atoms with van der Waals surface area (Å²) >= 11 is 0. The maximum atomic E-state index is 12.5. The lowest BCUT2D eigenvalue weighted by Crippen LogP contribution is -2.51. The number of rotatable bonds is 4. The number of benzene rings is 1. The Bertz CT molecular complexity index is 697. The van der Waals surface area contributed by atoms with Gasteiger partial charge in [-0.1, -0.05) is 26.8 Å². The number of nitrogens with zero attached hydrogens (tertiary/aromatic N) is 1. The molecule has 1 aliphatic heterocycles. The molecule has 1 unspecified atom stereocenters. The predicted molar refractivity (Wildman–Crippen MR) is 83.4 cm³/mol. The van der Waals surface area contributed by atoms with Gasteiger partial charge in [-0.3, -0.25) is 29.4 Å². The van der Waals surface area contributed by atoms with Crippen molar-refractivity contribution in [3.63, 3.8) is 0 Å². The van der Waals surface area contributed by atoms with E-state index >= 15 is 0 Å². The van der Waals surface area contributed by atoms with Crippen molar-refractivity contribution < 1.29 is 19.2 Å². The summed E-state index contributed by atoms with van der Waals surface area (Å²) in [5.74, 6) is -2.68. The Kier molecular flexibility index (Phi) is 4.49. The summed E-state index contributed by atoms with van der Waals surface area (Å²) in [6.07, 6.45) is 0.197. The highest BCUT2D eigenvalue weighted by Gasteiger charge is 2.43. The molecule has 1 atom stereocenters. The van der Waals surface area contributed by atoms with Crippen LogP contribution in [0.4, 0.5) is 5.69 Å². The Balaban J connectivity index is 2.32. The molecule has 0 radical (unpaired) electrons. The number of amides is 4. The molecule has 1 aliphatic rings. The van der Waals surface area contributed by atoms with E-state index in [0.29, 0.717) is 0 Å². The molecule has 0 saturated carbocycles. The fraction of sp³-hybridized carbons (Fsp3) is 0.375. The average molecular weight is 317 g/mol. The summed E-state index contributed by atoms with van der Waals surface area (Å²) in [5.41, 5.74) is 6.25. The number of imide groups is 2. The van der Waals surface area contributed by atoms with E-state index in [1.54, 1.807) is 26.8 Å². The van der Waals surface area contributed by atoms with Gasteiger partial charge in [0.25, 0.3) is 11.8 Å². The molecule has 0 aromatic heterocycles. The minimum atomic E-state index is -1.05. The van der Waals surface area contributed by atoms with E-state index in [2.05, 4.69) is 5.32 Å². The first-order chi connectivity index (χ1) is 10.8. The Morgan fingerprint density at radius 2 is 1.83 bits per heavy atom. The molecule has 3 N–H and O–H groups in total. The molecule has 0 spiro atoms. The van der Waals surface area contributed by atoms with Gasteiger partial charge in [-0.15, -0.1) is 0 Å². The highest BCUT2D eigenvalue weighted by Crippen LogP contribution is 2.29. The lowest BCUT2D eigenvalue weighted by Gasteiger charge is -2.24. The van der Waals surface area contributed by atoms with Gasteiger partial charge in [0, 0.05) is 11.6 Å². The van der Waals surface area contributed by atoms with Crippen LogP contribution in [0.2, 0.25) is 0 Å². The number of anilines is 1. The first-order valence-electron chi connectivity index (χ1n) is 7.40. The second-order valence-corrected chi connectivity index (χ2v) is 5.68. The molecule has 122 valence electrons. The Labute approximate surface area is 133 Å². The van der Waals surface area contributed by atoms with Crippen molar-refractivity contribution in [1.82, 2.24) is 10.2 Å². The van der Waals surface area contributed by atoms with Gasteiger partial charge in [0.05, 0.1) is 11.1 Å². The van der Waals surface area contributed by atoms with Crippen LogP contribution < -0.4 is 11.1 Å². The maximum absolute atomic E-state index is 12.5. The summed E-state index contributed by atoms with van der Waals surface area (Å²) < 4.78 is 0. The van der Waals surface area contributed by atoms with Crippen LogP contribution >= 0.6 is 0 Å².